The quantitative estimate of drug-likeness (QED) is 0.381. The summed E-state index contributed by atoms with van der Waals surface area (Å²) < 4.78 is 0. The minimum absolute atomic E-state index is 0. The fraction of sp³-hybridized carbons (Fsp3) is 1.00. The Morgan fingerprint density at radius 3 is 1.00 bits per heavy atom. The van der Waals surface area contributed by atoms with Crippen LogP contribution in [0.3, 0.4) is 0 Å². The summed E-state index contributed by atoms with van der Waals surface area (Å²) in [6.07, 6.45) is 0. The van der Waals surface area contributed by atoms with Gasteiger partial charge in [-0.15, -0.1) is 0 Å². The lowest BCUT2D eigenvalue weighted by molar-refractivity contribution is 0.505. The number of hydrogen-bond acceptors (Lipinski definition) is 1. The molecule has 0 heterocycles. The first kappa shape index (κ1) is 9.04. The third-order valence-corrected chi connectivity index (χ3v) is 0. The number of hydrogen-bond donors (Lipinski definition) is 0. The predicted molar refractivity (Wildman–Crippen MR) is 32.1 cm³/mol. The van der Waals surface area contributed by atoms with Gasteiger partial charge >= 0.3 is 0 Å². The summed E-state index contributed by atoms with van der Waals surface area (Å²) in [6, 6.07) is 0. The van der Waals surface area contributed by atoms with Crippen LogP contribution < -0.4 is 0 Å². The minimum Gasteiger partial charge on any atom is -0.312 e. The van der Waals surface area contributed by atoms with Gasteiger partial charge in [0.1, 0.15) is 0 Å². The van der Waals surface area contributed by atoms with Crippen LogP contribution in [0.15, 0.2) is 0 Å². The fourth-order valence-electron chi connectivity index (χ4n) is 0. The SMILES string of the molecule is CN(C)C.[PH4+]. The summed E-state index contributed by atoms with van der Waals surface area (Å²) in [7, 11) is 6.00. The smallest absolute Gasteiger partial charge is 0.0140 e. The van der Waals surface area contributed by atoms with Crippen molar-refractivity contribution in [2.24, 2.45) is 0 Å². The Morgan fingerprint density at radius 2 is 1.00 bits per heavy atom. The van der Waals surface area contributed by atoms with E-state index in [1.165, 1.54) is 0 Å². The second kappa shape index (κ2) is 4.39. The molecule has 0 aromatic carbocycles. The lowest BCUT2D eigenvalue weighted by Crippen LogP contribution is -1.99. The number of nitrogens with zero attached hydrogens (tertiary/aromatic N) is 1. The van der Waals surface area contributed by atoms with Gasteiger partial charge in [0.15, 0.2) is 0 Å². The zero-order chi connectivity index (χ0) is 3.58. The Bertz CT molecular complexity index is 11.6. The van der Waals surface area contributed by atoms with E-state index in [0.717, 1.165) is 0 Å². The van der Waals surface area contributed by atoms with Gasteiger partial charge in [-0.2, -0.15) is 0 Å². The van der Waals surface area contributed by atoms with E-state index in [-0.39, 0.29) is 9.90 Å². The van der Waals surface area contributed by atoms with Gasteiger partial charge in [-0.1, -0.05) is 0 Å². The maximum absolute atomic E-state index is 2.00. The van der Waals surface area contributed by atoms with Crippen LogP contribution in [-0.2, 0) is 0 Å². The Labute approximate surface area is 37.0 Å². The molecule has 1 atom stereocenters. The van der Waals surface area contributed by atoms with E-state index >= 15 is 0 Å². The van der Waals surface area contributed by atoms with Crippen LogP contribution in [0.25, 0.3) is 0 Å². The molecule has 5 heavy (non-hydrogen) atoms. The van der Waals surface area contributed by atoms with Gasteiger partial charge in [0.05, 0.1) is 0 Å². The molecule has 0 N–H and O–H groups in total. The van der Waals surface area contributed by atoms with E-state index in [2.05, 4.69) is 0 Å². The van der Waals surface area contributed by atoms with Crippen molar-refractivity contribution >= 4 is 9.90 Å². The second-order valence-electron chi connectivity index (χ2n) is 1.34. The highest BCUT2D eigenvalue weighted by Gasteiger charge is 1.58. The lowest BCUT2D eigenvalue weighted by Gasteiger charge is -1.90. The molecule has 34 valence electrons. The van der Waals surface area contributed by atoms with Gasteiger partial charge < -0.3 is 4.90 Å². The van der Waals surface area contributed by atoms with Crippen molar-refractivity contribution in [1.29, 1.82) is 0 Å². The molecule has 0 fully saturated rings. The number of rotatable bonds is 0. The van der Waals surface area contributed by atoms with Crippen LogP contribution in [0.5, 0.6) is 0 Å². The topological polar surface area (TPSA) is 3.24 Å². The summed E-state index contributed by atoms with van der Waals surface area (Å²) in [5, 5.41) is 0. The molecular formula is C3H13NP+. The highest BCUT2D eigenvalue weighted by atomic mass is 31.0. The van der Waals surface area contributed by atoms with Crippen LogP contribution in [0.2, 0.25) is 0 Å². The molecule has 2 heteroatoms. The second-order valence-corrected chi connectivity index (χ2v) is 1.34. The zero-order valence-electron chi connectivity index (χ0n) is 4.45. The van der Waals surface area contributed by atoms with Crippen molar-refractivity contribution in [3.8, 4) is 0 Å². The van der Waals surface area contributed by atoms with Crippen LogP contribution >= 0.6 is 9.90 Å². The summed E-state index contributed by atoms with van der Waals surface area (Å²) in [5.74, 6) is 0. The van der Waals surface area contributed by atoms with Gasteiger partial charge in [0.2, 0.25) is 0 Å². The average molecular weight is 94.1 g/mol. The summed E-state index contributed by atoms with van der Waals surface area (Å²) in [6.45, 7) is 0. The normalized spacial score (nSPS) is 7.20. The highest BCUT2D eigenvalue weighted by molar-refractivity contribution is 6.92. The van der Waals surface area contributed by atoms with Crippen molar-refractivity contribution < 1.29 is 0 Å². The zero-order valence-corrected chi connectivity index (χ0v) is 6.45. The molecule has 0 aliphatic heterocycles. The molecule has 0 saturated carbocycles. The molecule has 0 saturated heterocycles. The standard InChI is InChI=1S/C3H9N.H3P/c1-4(2)3;/h1-3H3;1H3/p+1. The minimum atomic E-state index is 0. The van der Waals surface area contributed by atoms with E-state index in [1.54, 1.807) is 0 Å². The first-order valence-corrected chi connectivity index (χ1v) is 1.34. The van der Waals surface area contributed by atoms with Gasteiger partial charge in [-0.25, -0.2) is 0 Å². The average Bonchev–Trinajstić information content (AvgIpc) is 0.811. The highest BCUT2D eigenvalue weighted by Crippen LogP contribution is 1.47. The van der Waals surface area contributed by atoms with Crippen LogP contribution in [0, 0.1) is 0 Å². The van der Waals surface area contributed by atoms with Crippen molar-refractivity contribution in [2.75, 3.05) is 21.1 Å². The van der Waals surface area contributed by atoms with E-state index in [4.69, 9.17) is 0 Å². The Kier molecular flexibility index (Phi) is 7.94. The van der Waals surface area contributed by atoms with Gasteiger partial charge in [0, 0.05) is 0 Å². The Morgan fingerprint density at radius 1 is 1.00 bits per heavy atom. The third kappa shape index (κ3) is 165. The summed E-state index contributed by atoms with van der Waals surface area (Å²) in [5.41, 5.74) is 0. The molecule has 0 aliphatic carbocycles. The molecule has 1 nitrogen and oxygen atoms in total. The lowest BCUT2D eigenvalue weighted by atomic mass is 11.0. The monoisotopic (exact) mass is 94.1 g/mol. The van der Waals surface area contributed by atoms with Gasteiger partial charge in [-0.05, 0) is 31.0 Å². The molecular weight excluding hydrogens is 81.0 g/mol. The molecule has 0 bridgehead atoms. The van der Waals surface area contributed by atoms with Crippen molar-refractivity contribution in [2.45, 2.75) is 0 Å². The molecule has 0 aromatic heterocycles. The first-order valence-electron chi connectivity index (χ1n) is 1.34. The largest absolute Gasteiger partial charge is 0.312 e. The molecule has 0 radical (unpaired) electrons. The van der Waals surface area contributed by atoms with Crippen molar-refractivity contribution in [3.63, 3.8) is 0 Å². The Hall–Kier alpha value is 0.390. The van der Waals surface area contributed by atoms with E-state index < -0.39 is 0 Å². The van der Waals surface area contributed by atoms with Gasteiger partial charge in [-0.3, -0.25) is 0 Å². The summed E-state index contributed by atoms with van der Waals surface area (Å²) >= 11 is 0. The Balaban J connectivity index is 0. The maximum atomic E-state index is 2.00. The molecule has 0 amide bonds. The van der Waals surface area contributed by atoms with Gasteiger partial charge in [0.25, 0.3) is 0 Å². The van der Waals surface area contributed by atoms with Crippen LogP contribution in [0.1, 0.15) is 0 Å². The van der Waals surface area contributed by atoms with Crippen molar-refractivity contribution in [1.82, 2.24) is 4.90 Å². The molecule has 0 spiro atoms. The fourth-order valence-corrected chi connectivity index (χ4v) is 0. The maximum Gasteiger partial charge on any atom is -0.0140 e. The van der Waals surface area contributed by atoms with Crippen LogP contribution in [0.4, 0.5) is 0 Å². The third-order valence-electron chi connectivity index (χ3n) is 0. The summed E-state index contributed by atoms with van der Waals surface area (Å²) in [4.78, 5) is 2.00. The first-order chi connectivity index (χ1) is 1.73. The van der Waals surface area contributed by atoms with E-state index in [9.17, 15) is 0 Å². The molecule has 0 aliphatic rings. The van der Waals surface area contributed by atoms with Crippen molar-refractivity contribution in [3.05, 3.63) is 0 Å². The van der Waals surface area contributed by atoms with E-state index in [0.29, 0.717) is 0 Å². The molecule has 1 unspecified atom stereocenters. The molecule has 0 aromatic rings. The van der Waals surface area contributed by atoms with Crippen LogP contribution in [-0.4, -0.2) is 26.0 Å². The molecule has 0 rings (SSSR count). The predicted octanol–water partition coefficient (Wildman–Crippen LogP) is -0.0318. The van der Waals surface area contributed by atoms with E-state index in [1.807, 2.05) is 26.0 Å².